The maximum atomic E-state index is 5.89. The Morgan fingerprint density at radius 2 is 2.29 bits per heavy atom. The first kappa shape index (κ1) is 9.23. The third-order valence-electron chi connectivity index (χ3n) is 1.49. The molecule has 1 heterocycles. The summed E-state index contributed by atoms with van der Waals surface area (Å²) in [5, 5.41) is 8.31. The second-order valence-corrected chi connectivity index (χ2v) is 3.70. The number of anilines is 1. The molecule has 2 rings (SSSR count). The Kier molecular flexibility index (Phi) is 2.51. The molecule has 0 aliphatic rings. The number of aromatic nitrogens is 2. The van der Waals surface area contributed by atoms with Crippen LogP contribution in [0, 0.1) is 0 Å². The number of hydrogen-bond donors (Lipinski definition) is 1. The number of hydrogen-bond acceptors (Lipinski definition) is 5. The van der Waals surface area contributed by atoms with Crippen LogP contribution in [0.1, 0.15) is 0 Å². The Labute approximate surface area is 89.3 Å². The predicted octanol–water partition coefficient (Wildman–Crippen LogP) is 2.57. The summed E-state index contributed by atoms with van der Waals surface area (Å²) in [6.07, 6.45) is 0. The van der Waals surface area contributed by atoms with Crippen LogP contribution in [-0.4, -0.2) is 10.2 Å². The van der Waals surface area contributed by atoms with E-state index in [0.717, 1.165) is 0 Å². The van der Waals surface area contributed by atoms with Crippen molar-refractivity contribution in [2.24, 2.45) is 0 Å². The number of rotatable bonds is 2. The second-order valence-electron chi connectivity index (χ2n) is 2.50. The summed E-state index contributed by atoms with van der Waals surface area (Å²) >= 11 is 7.18. The molecule has 14 heavy (non-hydrogen) atoms. The molecular formula is C8H6ClN3OS. The lowest BCUT2D eigenvalue weighted by atomic mass is 10.3. The molecule has 4 nitrogen and oxygen atoms in total. The van der Waals surface area contributed by atoms with Crippen LogP contribution >= 0.6 is 22.9 Å². The molecule has 72 valence electrons. The van der Waals surface area contributed by atoms with Gasteiger partial charge in [-0.1, -0.05) is 28.0 Å². The van der Waals surface area contributed by atoms with Crippen LogP contribution in [0.5, 0.6) is 10.9 Å². The largest absolute Gasteiger partial charge is 0.428 e. The summed E-state index contributed by atoms with van der Waals surface area (Å²) in [6, 6.07) is 5.02. The van der Waals surface area contributed by atoms with Gasteiger partial charge in [-0.05, 0) is 12.1 Å². The Morgan fingerprint density at radius 1 is 1.43 bits per heavy atom. The summed E-state index contributed by atoms with van der Waals surface area (Å²) in [6.45, 7) is 0. The number of ether oxygens (including phenoxy) is 1. The molecule has 0 fully saturated rings. The fraction of sp³-hybridized carbons (Fsp3) is 0. The van der Waals surface area contributed by atoms with Crippen molar-refractivity contribution < 1.29 is 4.74 Å². The number of nitrogens with zero attached hydrogens (tertiary/aromatic N) is 2. The lowest BCUT2D eigenvalue weighted by Crippen LogP contribution is -1.88. The molecule has 0 unspecified atom stereocenters. The van der Waals surface area contributed by atoms with Gasteiger partial charge in [0, 0.05) is 11.8 Å². The average molecular weight is 228 g/mol. The zero-order chi connectivity index (χ0) is 9.97. The first-order chi connectivity index (χ1) is 6.75. The van der Waals surface area contributed by atoms with Crippen molar-refractivity contribution >= 4 is 28.6 Å². The molecule has 0 spiro atoms. The van der Waals surface area contributed by atoms with Gasteiger partial charge in [-0.25, -0.2) is 0 Å². The van der Waals surface area contributed by atoms with Crippen molar-refractivity contribution in [3.05, 3.63) is 28.7 Å². The Hall–Kier alpha value is -1.33. The van der Waals surface area contributed by atoms with E-state index in [1.807, 2.05) is 0 Å². The maximum absolute atomic E-state index is 5.89. The highest BCUT2D eigenvalue weighted by atomic mass is 35.5. The highest BCUT2D eigenvalue weighted by molar-refractivity contribution is 7.11. The highest BCUT2D eigenvalue weighted by Crippen LogP contribution is 2.31. The topological polar surface area (TPSA) is 61.0 Å². The van der Waals surface area contributed by atoms with Crippen molar-refractivity contribution in [3.8, 4) is 10.9 Å². The minimum Gasteiger partial charge on any atom is -0.428 e. The van der Waals surface area contributed by atoms with E-state index < -0.39 is 0 Å². The number of benzene rings is 1. The fourth-order valence-corrected chi connectivity index (χ4v) is 1.47. The van der Waals surface area contributed by atoms with E-state index in [0.29, 0.717) is 21.7 Å². The van der Waals surface area contributed by atoms with Gasteiger partial charge in [0.25, 0.3) is 5.19 Å². The van der Waals surface area contributed by atoms with E-state index in [-0.39, 0.29) is 0 Å². The van der Waals surface area contributed by atoms with Crippen molar-refractivity contribution in [2.75, 3.05) is 5.73 Å². The minimum absolute atomic E-state index is 0.442. The SMILES string of the molecule is Nc1ccc(Cl)c(Oc2nncs2)c1. The monoisotopic (exact) mass is 227 g/mol. The zero-order valence-electron chi connectivity index (χ0n) is 6.98. The van der Waals surface area contributed by atoms with Gasteiger partial charge in [0.2, 0.25) is 0 Å². The first-order valence-electron chi connectivity index (χ1n) is 3.75. The molecule has 0 atom stereocenters. The van der Waals surface area contributed by atoms with Gasteiger partial charge in [-0.2, -0.15) is 0 Å². The molecule has 0 saturated heterocycles. The van der Waals surface area contributed by atoms with Gasteiger partial charge in [-0.3, -0.25) is 0 Å². The van der Waals surface area contributed by atoms with Crippen molar-refractivity contribution in [3.63, 3.8) is 0 Å². The smallest absolute Gasteiger partial charge is 0.299 e. The molecule has 2 aromatic rings. The third kappa shape index (κ3) is 1.94. The molecular weight excluding hydrogens is 222 g/mol. The van der Waals surface area contributed by atoms with Gasteiger partial charge in [0.05, 0.1) is 5.02 Å². The Balaban J connectivity index is 2.28. The standard InChI is InChI=1S/C8H6ClN3OS/c9-6-2-1-5(10)3-7(6)13-8-12-11-4-14-8/h1-4H,10H2. The minimum atomic E-state index is 0.442. The second kappa shape index (κ2) is 3.81. The molecule has 0 radical (unpaired) electrons. The fourth-order valence-electron chi connectivity index (χ4n) is 0.900. The van der Waals surface area contributed by atoms with Crippen LogP contribution in [-0.2, 0) is 0 Å². The summed E-state index contributed by atoms with van der Waals surface area (Å²) in [5.74, 6) is 0.489. The molecule has 6 heteroatoms. The van der Waals surface area contributed by atoms with Crippen LogP contribution in [0.2, 0.25) is 5.02 Å². The molecule has 1 aromatic heterocycles. The van der Waals surface area contributed by atoms with Crippen LogP contribution in [0.15, 0.2) is 23.7 Å². The van der Waals surface area contributed by atoms with Crippen molar-refractivity contribution in [2.45, 2.75) is 0 Å². The van der Waals surface area contributed by atoms with E-state index in [9.17, 15) is 0 Å². The van der Waals surface area contributed by atoms with Gasteiger partial charge in [0.15, 0.2) is 5.75 Å². The number of nitrogen functional groups attached to an aromatic ring is 1. The number of halogens is 1. The molecule has 0 saturated carbocycles. The summed E-state index contributed by atoms with van der Waals surface area (Å²) in [5.41, 5.74) is 7.76. The lowest BCUT2D eigenvalue weighted by molar-refractivity contribution is 0.474. The summed E-state index contributed by atoms with van der Waals surface area (Å²) in [7, 11) is 0. The lowest BCUT2D eigenvalue weighted by Gasteiger charge is -2.03. The van der Waals surface area contributed by atoms with Crippen LogP contribution in [0.25, 0.3) is 0 Å². The predicted molar refractivity (Wildman–Crippen MR) is 55.8 cm³/mol. The van der Waals surface area contributed by atoms with Crippen LogP contribution < -0.4 is 10.5 Å². The molecule has 0 bridgehead atoms. The van der Waals surface area contributed by atoms with Crippen LogP contribution in [0.4, 0.5) is 5.69 Å². The molecule has 1 aromatic carbocycles. The van der Waals surface area contributed by atoms with Gasteiger partial charge < -0.3 is 10.5 Å². The van der Waals surface area contributed by atoms with Gasteiger partial charge in [0.1, 0.15) is 5.51 Å². The summed E-state index contributed by atoms with van der Waals surface area (Å²) in [4.78, 5) is 0. The van der Waals surface area contributed by atoms with Gasteiger partial charge >= 0.3 is 0 Å². The van der Waals surface area contributed by atoms with E-state index in [2.05, 4.69) is 10.2 Å². The molecule has 0 aliphatic heterocycles. The Bertz CT molecular complexity index is 432. The molecule has 0 aliphatic carbocycles. The van der Waals surface area contributed by atoms with Crippen molar-refractivity contribution in [1.29, 1.82) is 0 Å². The van der Waals surface area contributed by atoms with E-state index in [1.165, 1.54) is 11.3 Å². The zero-order valence-corrected chi connectivity index (χ0v) is 8.55. The highest BCUT2D eigenvalue weighted by Gasteiger charge is 2.05. The van der Waals surface area contributed by atoms with Crippen molar-refractivity contribution in [1.82, 2.24) is 10.2 Å². The first-order valence-corrected chi connectivity index (χ1v) is 5.00. The third-order valence-corrected chi connectivity index (χ3v) is 2.37. The van der Waals surface area contributed by atoms with E-state index >= 15 is 0 Å². The Morgan fingerprint density at radius 3 is 3.00 bits per heavy atom. The quantitative estimate of drug-likeness (QED) is 0.801. The van der Waals surface area contributed by atoms with E-state index in [1.54, 1.807) is 23.7 Å². The molecule has 2 N–H and O–H groups in total. The normalized spacial score (nSPS) is 10.1. The average Bonchev–Trinajstić information content (AvgIpc) is 2.64. The summed E-state index contributed by atoms with van der Waals surface area (Å²) < 4.78 is 5.36. The maximum Gasteiger partial charge on any atom is 0.299 e. The van der Waals surface area contributed by atoms with Crippen LogP contribution in [0.3, 0.4) is 0 Å². The van der Waals surface area contributed by atoms with E-state index in [4.69, 9.17) is 22.1 Å². The number of nitrogens with two attached hydrogens (primary N) is 1. The van der Waals surface area contributed by atoms with Gasteiger partial charge in [-0.15, -0.1) is 5.10 Å². The molecule has 0 amide bonds.